The molecule has 1 aliphatic carbocycles. The molecular weight excluding hydrogens is 148 g/mol. The van der Waals surface area contributed by atoms with Crippen molar-refractivity contribution < 1.29 is 4.74 Å². The quantitative estimate of drug-likeness (QED) is 0.629. The Bertz CT molecular complexity index is 106. The largest absolute Gasteiger partial charge is 0.384 e. The second kappa shape index (κ2) is 5.58. The first kappa shape index (κ1) is 10.0. The zero-order valence-electron chi connectivity index (χ0n) is 8.51. The third kappa shape index (κ3) is 3.57. The predicted octanol–water partition coefficient (Wildman–Crippen LogP) is 3.24. The standard InChI is InChI=1S/C11H22O/c1-10(9-12-2)8-11-6-4-3-5-7-11/h10-11H,3-9H2,1-2H3/t10-/m1/s1. The van der Waals surface area contributed by atoms with Gasteiger partial charge in [-0.3, -0.25) is 0 Å². The van der Waals surface area contributed by atoms with E-state index >= 15 is 0 Å². The lowest BCUT2D eigenvalue weighted by atomic mass is 9.83. The van der Waals surface area contributed by atoms with Gasteiger partial charge in [-0.1, -0.05) is 39.0 Å². The van der Waals surface area contributed by atoms with Crippen molar-refractivity contribution in [3.63, 3.8) is 0 Å². The molecule has 72 valence electrons. The topological polar surface area (TPSA) is 9.23 Å². The Morgan fingerprint density at radius 2 is 1.92 bits per heavy atom. The van der Waals surface area contributed by atoms with Crippen molar-refractivity contribution in [1.29, 1.82) is 0 Å². The summed E-state index contributed by atoms with van der Waals surface area (Å²) in [6.07, 6.45) is 8.71. The van der Waals surface area contributed by atoms with Crippen LogP contribution in [0.25, 0.3) is 0 Å². The van der Waals surface area contributed by atoms with Crippen molar-refractivity contribution in [2.45, 2.75) is 45.4 Å². The summed E-state index contributed by atoms with van der Waals surface area (Å²) in [7, 11) is 1.80. The molecule has 1 heteroatoms. The van der Waals surface area contributed by atoms with Gasteiger partial charge in [0.25, 0.3) is 0 Å². The maximum atomic E-state index is 5.15. The highest BCUT2D eigenvalue weighted by molar-refractivity contribution is 4.68. The van der Waals surface area contributed by atoms with E-state index in [0.29, 0.717) is 0 Å². The van der Waals surface area contributed by atoms with Gasteiger partial charge in [0.1, 0.15) is 0 Å². The van der Waals surface area contributed by atoms with Crippen molar-refractivity contribution in [3.8, 4) is 0 Å². The van der Waals surface area contributed by atoms with E-state index in [9.17, 15) is 0 Å². The molecule has 0 unspecified atom stereocenters. The van der Waals surface area contributed by atoms with E-state index in [-0.39, 0.29) is 0 Å². The summed E-state index contributed by atoms with van der Waals surface area (Å²) >= 11 is 0. The Morgan fingerprint density at radius 1 is 1.25 bits per heavy atom. The lowest BCUT2D eigenvalue weighted by Gasteiger charge is -2.24. The zero-order valence-corrected chi connectivity index (χ0v) is 8.51. The van der Waals surface area contributed by atoms with Crippen molar-refractivity contribution >= 4 is 0 Å². The summed E-state index contributed by atoms with van der Waals surface area (Å²) < 4.78 is 5.15. The van der Waals surface area contributed by atoms with Crippen LogP contribution in [-0.4, -0.2) is 13.7 Å². The smallest absolute Gasteiger partial charge is 0.0487 e. The van der Waals surface area contributed by atoms with Crippen molar-refractivity contribution in [2.75, 3.05) is 13.7 Å². The van der Waals surface area contributed by atoms with Gasteiger partial charge >= 0.3 is 0 Å². The predicted molar refractivity (Wildman–Crippen MR) is 52.2 cm³/mol. The SMILES string of the molecule is COC[C@H](C)CC1CCCCC1. The molecule has 0 aliphatic heterocycles. The molecule has 0 bridgehead atoms. The molecule has 0 aromatic heterocycles. The summed E-state index contributed by atoms with van der Waals surface area (Å²) in [5, 5.41) is 0. The van der Waals surface area contributed by atoms with Crippen LogP contribution in [0.1, 0.15) is 45.4 Å². The van der Waals surface area contributed by atoms with E-state index in [0.717, 1.165) is 18.4 Å². The Hall–Kier alpha value is -0.0400. The van der Waals surface area contributed by atoms with E-state index in [1.807, 2.05) is 0 Å². The van der Waals surface area contributed by atoms with Gasteiger partial charge < -0.3 is 4.74 Å². The minimum atomic E-state index is 0.762. The van der Waals surface area contributed by atoms with Crippen LogP contribution in [-0.2, 0) is 4.74 Å². The fraction of sp³-hybridized carbons (Fsp3) is 1.00. The van der Waals surface area contributed by atoms with Crippen LogP contribution in [0.5, 0.6) is 0 Å². The van der Waals surface area contributed by atoms with E-state index in [1.165, 1.54) is 38.5 Å². The fourth-order valence-electron chi connectivity index (χ4n) is 2.34. The number of hydrogen-bond donors (Lipinski definition) is 0. The minimum Gasteiger partial charge on any atom is -0.384 e. The van der Waals surface area contributed by atoms with Crippen LogP contribution in [0.15, 0.2) is 0 Å². The van der Waals surface area contributed by atoms with Gasteiger partial charge in [0.2, 0.25) is 0 Å². The van der Waals surface area contributed by atoms with Gasteiger partial charge in [0.05, 0.1) is 0 Å². The van der Waals surface area contributed by atoms with Crippen LogP contribution in [0, 0.1) is 11.8 Å². The zero-order chi connectivity index (χ0) is 8.81. The van der Waals surface area contributed by atoms with Crippen molar-refractivity contribution in [3.05, 3.63) is 0 Å². The molecule has 1 rings (SSSR count). The maximum Gasteiger partial charge on any atom is 0.0487 e. The van der Waals surface area contributed by atoms with Crippen molar-refractivity contribution in [1.82, 2.24) is 0 Å². The molecule has 1 aliphatic rings. The first-order valence-corrected chi connectivity index (χ1v) is 5.32. The van der Waals surface area contributed by atoms with E-state index in [2.05, 4.69) is 6.92 Å². The van der Waals surface area contributed by atoms with Crippen LogP contribution < -0.4 is 0 Å². The van der Waals surface area contributed by atoms with Crippen LogP contribution in [0.3, 0.4) is 0 Å². The molecule has 0 aromatic rings. The van der Waals surface area contributed by atoms with Gasteiger partial charge in [0, 0.05) is 13.7 Å². The van der Waals surface area contributed by atoms with Gasteiger partial charge in [0.15, 0.2) is 0 Å². The maximum absolute atomic E-state index is 5.15. The molecular formula is C11H22O. The molecule has 12 heavy (non-hydrogen) atoms. The second-order valence-corrected chi connectivity index (χ2v) is 4.30. The highest BCUT2D eigenvalue weighted by Crippen LogP contribution is 2.28. The lowest BCUT2D eigenvalue weighted by Crippen LogP contribution is -2.13. The Morgan fingerprint density at radius 3 is 2.50 bits per heavy atom. The number of ether oxygens (including phenoxy) is 1. The molecule has 0 radical (unpaired) electrons. The summed E-state index contributed by atoms with van der Waals surface area (Å²) in [5.74, 6) is 1.77. The van der Waals surface area contributed by atoms with Crippen molar-refractivity contribution in [2.24, 2.45) is 11.8 Å². The molecule has 1 fully saturated rings. The summed E-state index contributed by atoms with van der Waals surface area (Å²) in [4.78, 5) is 0. The van der Waals surface area contributed by atoms with Gasteiger partial charge in [-0.25, -0.2) is 0 Å². The lowest BCUT2D eigenvalue weighted by molar-refractivity contribution is 0.140. The molecule has 0 saturated heterocycles. The fourth-order valence-corrected chi connectivity index (χ4v) is 2.34. The van der Waals surface area contributed by atoms with E-state index < -0.39 is 0 Å². The molecule has 1 atom stereocenters. The summed E-state index contributed by atoms with van der Waals surface area (Å²) in [6, 6.07) is 0. The number of methoxy groups -OCH3 is 1. The first-order valence-electron chi connectivity index (χ1n) is 5.32. The summed E-state index contributed by atoms with van der Waals surface area (Å²) in [6.45, 7) is 3.24. The third-order valence-corrected chi connectivity index (χ3v) is 2.91. The normalized spacial score (nSPS) is 22.5. The number of hydrogen-bond acceptors (Lipinski definition) is 1. The Kier molecular flexibility index (Phi) is 4.67. The van der Waals surface area contributed by atoms with E-state index in [4.69, 9.17) is 4.74 Å². The monoisotopic (exact) mass is 170 g/mol. The molecule has 0 heterocycles. The molecule has 0 spiro atoms. The van der Waals surface area contributed by atoms with Crippen LogP contribution >= 0.6 is 0 Å². The van der Waals surface area contributed by atoms with Crippen LogP contribution in [0.2, 0.25) is 0 Å². The Labute approximate surface area is 76.5 Å². The average Bonchev–Trinajstić information content (AvgIpc) is 2.06. The highest BCUT2D eigenvalue weighted by atomic mass is 16.5. The van der Waals surface area contributed by atoms with Gasteiger partial charge in [-0.2, -0.15) is 0 Å². The molecule has 0 N–H and O–H groups in total. The first-order chi connectivity index (χ1) is 5.83. The van der Waals surface area contributed by atoms with Gasteiger partial charge in [-0.05, 0) is 18.3 Å². The minimum absolute atomic E-state index is 0.762. The average molecular weight is 170 g/mol. The van der Waals surface area contributed by atoms with Gasteiger partial charge in [-0.15, -0.1) is 0 Å². The van der Waals surface area contributed by atoms with Crippen LogP contribution in [0.4, 0.5) is 0 Å². The highest BCUT2D eigenvalue weighted by Gasteiger charge is 2.15. The summed E-state index contributed by atoms with van der Waals surface area (Å²) in [5.41, 5.74) is 0. The third-order valence-electron chi connectivity index (χ3n) is 2.91. The Balaban J connectivity index is 2.11. The molecule has 0 amide bonds. The molecule has 0 aromatic carbocycles. The van der Waals surface area contributed by atoms with E-state index in [1.54, 1.807) is 7.11 Å². The molecule has 1 nitrogen and oxygen atoms in total. The molecule has 1 saturated carbocycles. The second-order valence-electron chi connectivity index (χ2n) is 4.30. The number of rotatable bonds is 4.